The first kappa shape index (κ1) is 41.7. The van der Waals surface area contributed by atoms with E-state index in [2.05, 4.69) is 189 Å². The molecule has 11 rings (SSSR count). The van der Waals surface area contributed by atoms with Gasteiger partial charge in [-0.3, -0.25) is 0 Å². The summed E-state index contributed by atoms with van der Waals surface area (Å²) in [5, 5.41) is 2.01. The number of aromatic nitrogens is 3. The van der Waals surface area contributed by atoms with Gasteiger partial charge in [0.2, 0.25) is 0 Å². The summed E-state index contributed by atoms with van der Waals surface area (Å²) in [5.41, 5.74) is 17.6. The third-order valence-corrected chi connectivity index (χ3v) is 12.6. The van der Waals surface area contributed by atoms with Crippen LogP contribution in [-0.4, -0.2) is 15.0 Å². The third-order valence-electron chi connectivity index (χ3n) is 12.6. The van der Waals surface area contributed by atoms with Crippen LogP contribution < -0.4 is 0 Å². The van der Waals surface area contributed by atoms with Crippen molar-refractivity contribution in [2.45, 2.75) is 6.92 Å². The number of furan rings is 1. The quantitative estimate of drug-likeness (QED) is 0.0960. The molecule has 0 atom stereocenters. The summed E-state index contributed by atoms with van der Waals surface area (Å²) < 4.78 is 6.25. The van der Waals surface area contributed by atoms with Crippen LogP contribution in [0.3, 0.4) is 0 Å². The monoisotopic (exact) mass is 871 g/mol. The molecule has 0 aliphatic rings. The average molecular weight is 872 g/mol. The van der Waals surface area contributed by atoms with Gasteiger partial charge < -0.3 is 4.42 Å². The van der Waals surface area contributed by atoms with Crippen molar-refractivity contribution in [1.29, 1.82) is 0 Å². The maximum absolute atomic E-state index is 6.25. The number of para-hydroxylation sites is 1. The maximum atomic E-state index is 6.25. The zero-order valence-corrected chi connectivity index (χ0v) is 37.6. The van der Waals surface area contributed by atoms with Gasteiger partial charge in [-0.25, -0.2) is 15.0 Å². The van der Waals surface area contributed by atoms with Crippen molar-refractivity contribution in [3.05, 3.63) is 277 Å². The summed E-state index contributed by atoms with van der Waals surface area (Å²) in [4.78, 5) is 15.2. The summed E-state index contributed by atoms with van der Waals surface area (Å²) in [5.74, 6) is 1.80. The van der Waals surface area contributed by atoms with Crippen molar-refractivity contribution in [1.82, 2.24) is 15.0 Å². The largest absolute Gasteiger partial charge is 0.456 e. The van der Waals surface area contributed by atoms with Gasteiger partial charge in [0.05, 0.1) is 0 Å². The average Bonchev–Trinajstić information content (AvgIpc) is 3.81. The van der Waals surface area contributed by atoms with Crippen molar-refractivity contribution in [3.8, 4) is 45.3 Å². The van der Waals surface area contributed by atoms with Crippen molar-refractivity contribution >= 4 is 49.8 Å². The minimum absolute atomic E-state index is 0.592. The lowest BCUT2D eigenvalue weighted by molar-refractivity contribution is 0.669. The lowest BCUT2D eigenvalue weighted by Crippen LogP contribution is -2.01. The Balaban J connectivity index is 1.00. The smallest absolute Gasteiger partial charge is 0.164 e. The van der Waals surface area contributed by atoms with E-state index in [9.17, 15) is 0 Å². The molecule has 4 heteroatoms. The van der Waals surface area contributed by atoms with Gasteiger partial charge >= 0.3 is 0 Å². The molecule has 0 aliphatic carbocycles. The topological polar surface area (TPSA) is 51.8 Å². The zero-order chi connectivity index (χ0) is 45.8. The van der Waals surface area contributed by atoms with Gasteiger partial charge in [0, 0.05) is 27.5 Å². The van der Waals surface area contributed by atoms with Crippen LogP contribution in [0.4, 0.5) is 0 Å². The molecule has 2 heterocycles. The van der Waals surface area contributed by atoms with E-state index in [1.807, 2.05) is 60.7 Å². The maximum Gasteiger partial charge on any atom is 0.164 e. The van der Waals surface area contributed by atoms with Crippen molar-refractivity contribution in [3.63, 3.8) is 0 Å². The van der Waals surface area contributed by atoms with Crippen LogP contribution in [0, 0.1) is 0 Å². The number of hydrogen-bond donors (Lipinski definition) is 0. The second-order valence-corrected chi connectivity index (χ2v) is 16.8. The molecule has 322 valence electrons. The second-order valence-electron chi connectivity index (χ2n) is 16.8. The van der Waals surface area contributed by atoms with Crippen LogP contribution in [0.5, 0.6) is 0 Å². The highest BCUT2D eigenvalue weighted by atomic mass is 16.3. The molecule has 0 amide bonds. The zero-order valence-electron chi connectivity index (χ0n) is 37.6. The lowest BCUT2D eigenvalue weighted by Gasteiger charge is -2.24. The molecule has 2 aromatic heterocycles. The first-order valence-corrected chi connectivity index (χ1v) is 22.9. The summed E-state index contributed by atoms with van der Waals surface area (Å²) >= 11 is 0. The van der Waals surface area contributed by atoms with Crippen molar-refractivity contribution in [2.75, 3.05) is 0 Å². The number of benzene rings is 9. The SMILES string of the molecule is C=C(/C(=C(\C(=C(/C)c1ccc(-c2ccc(-c3nc(-c4ccccc4)nc(-c4cccc5oc6ccccc6c45)n3)cc2)cc1)c1ccccc1)c1ccccc1)c1ccccc1)c1ccccc1. The van der Waals surface area contributed by atoms with Crippen LogP contribution in [0.15, 0.2) is 254 Å². The van der Waals surface area contributed by atoms with E-state index in [4.69, 9.17) is 25.9 Å². The molecular weight excluding hydrogens is 827 g/mol. The fraction of sp³-hybridized carbons (Fsp3) is 0.0156. The first-order valence-electron chi connectivity index (χ1n) is 22.9. The fourth-order valence-corrected chi connectivity index (χ4v) is 9.20. The Kier molecular flexibility index (Phi) is 11.3. The van der Waals surface area contributed by atoms with E-state index < -0.39 is 0 Å². The fourth-order valence-electron chi connectivity index (χ4n) is 9.20. The predicted molar refractivity (Wildman–Crippen MR) is 283 cm³/mol. The Morgan fingerprint density at radius 2 is 0.765 bits per heavy atom. The number of fused-ring (bicyclic) bond motifs is 3. The molecule has 0 aliphatic heterocycles. The Morgan fingerprint density at radius 3 is 1.35 bits per heavy atom. The minimum Gasteiger partial charge on any atom is -0.456 e. The van der Waals surface area contributed by atoms with Crippen molar-refractivity contribution < 1.29 is 4.42 Å². The molecule has 0 saturated carbocycles. The van der Waals surface area contributed by atoms with Crippen molar-refractivity contribution in [2.24, 2.45) is 0 Å². The molecule has 9 aromatic carbocycles. The first-order chi connectivity index (χ1) is 33.6. The molecule has 0 N–H and O–H groups in total. The van der Waals surface area contributed by atoms with E-state index in [0.29, 0.717) is 17.5 Å². The molecule has 0 unspecified atom stereocenters. The Bertz CT molecular complexity index is 3630. The highest BCUT2D eigenvalue weighted by Crippen LogP contribution is 2.46. The van der Waals surface area contributed by atoms with Crippen LogP contribution in [0.1, 0.15) is 34.7 Å². The normalized spacial score (nSPS) is 12.1. The number of rotatable bonds is 11. The standard InChI is InChI=1S/C64H45N3O/c1-43(45-21-8-3-9-22-45)58(49-23-10-4-11-24-49)60(51-27-14-6-15-28-51)59(50-25-12-5-13-26-50)44(2)46-35-37-47(38-36-46)48-39-41-53(42-40-48)63-65-62(52-29-16-7-17-30-52)66-64(67-63)55-32-20-34-57-61(55)54-31-18-19-33-56(54)68-57/h3-42H,1H2,2H3/b59-44+,60-58+. The van der Waals surface area contributed by atoms with Crippen LogP contribution in [0.25, 0.3) is 95.1 Å². The molecule has 0 bridgehead atoms. The van der Waals surface area contributed by atoms with Gasteiger partial charge in [-0.2, -0.15) is 0 Å². The summed E-state index contributed by atoms with van der Waals surface area (Å²) in [6.45, 7) is 7.03. The second kappa shape index (κ2) is 18.5. The Morgan fingerprint density at radius 1 is 0.338 bits per heavy atom. The molecule has 0 radical (unpaired) electrons. The number of nitrogens with zero attached hydrogens (tertiary/aromatic N) is 3. The Hall–Kier alpha value is -8.99. The molecule has 11 aromatic rings. The van der Waals surface area contributed by atoms with Crippen LogP contribution in [0.2, 0.25) is 0 Å². The highest BCUT2D eigenvalue weighted by molar-refractivity contribution is 6.28. The summed E-state index contributed by atoms with van der Waals surface area (Å²) in [6, 6.07) is 84.3. The van der Waals surface area contributed by atoms with Gasteiger partial charge in [0.1, 0.15) is 11.2 Å². The van der Waals surface area contributed by atoms with E-state index in [-0.39, 0.29) is 0 Å². The highest BCUT2D eigenvalue weighted by Gasteiger charge is 2.23. The molecule has 0 saturated heterocycles. The number of allylic oxidation sites excluding steroid dienone is 5. The minimum atomic E-state index is 0.592. The number of hydrogen-bond acceptors (Lipinski definition) is 4. The summed E-state index contributed by atoms with van der Waals surface area (Å²) in [7, 11) is 0. The van der Waals surface area contributed by atoms with Gasteiger partial charge in [0.15, 0.2) is 17.5 Å². The van der Waals surface area contributed by atoms with E-state index in [1.54, 1.807) is 0 Å². The molecule has 0 spiro atoms. The van der Waals surface area contributed by atoms with Crippen LogP contribution in [-0.2, 0) is 0 Å². The van der Waals surface area contributed by atoms with Gasteiger partial charge in [-0.15, -0.1) is 0 Å². The lowest BCUT2D eigenvalue weighted by atomic mass is 9.79. The van der Waals surface area contributed by atoms with E-state index in [1.165, 1.54) is 0 Å². The molecular formula is C64H45N3O. The summed E-state index contributed by atoms with van der Waals surface area (Å²) in [6.07, 6.45) is 0. The van der Waals surface area contributed by atoms with E-state index in [0.717, 1.165) is 105 Å². The van der Waals surface area contributed by atoms with Crippen LogP contribution >= 0.6 is 0 Å². The van der Waals surface area contributed by atoms with Gasteiger partial charge in [0.25, 0.3) is 0 Å². The van der Waals surface area contributed by atoms with E-state index >= 15 is 0 Å². The third kappa shape index (κ3) is 8.16. The molecule has 4 nitrogen and oxygen atoms in total. The molecule has 0 fully saturated rings. The Labute approximate surface area is 396 Å². The predicted octanol–water partition coefficient (Wildman–Crippen LogP) is 16.7. The van der Waals surface area contributed by atoms with Gasteiger partial charge in [-0.05, 0) is 85.9 Å². The van der Waals surface area contributed by atoms with Gasteiger partial charge in [-0.1, -0.05) is 237 Å². The molecule has 68 heavy (non-hydrogen) atoms.